The second-order valence-corrected chi connectivity index (χ2v) is 11.9. The average molecular weight is 585 g/mol. The summed E-state index contributed by atoms with van der Waals surface area (Å²) in [6.07, 6.45) is 1.50. The number of amides is 2. The lowest BCUT2D eigenvalue weighted by Crippen LogP contribution is -2.27. The van der Waals surface area contributed by atoms with Crippen LogP contribution in [0.15, 0.2) is 88.7 Å². The van der Waals surface area contributed by atoms with Gasteiger partial charge in [0, 0.05) is 5.56 Å². The van der Waals surface area contributed by atoms with Crippen LogP contribution in [0.2, 0.25) is 10.0 Å². The number of hydrogen-bond acceptors (Lipinski definition) is 6. The van der Waals surface area contributed by atoms with Gasteiger partial charge in [-0.25, -0.2) is 0 Å². The number of nitrogens with zero attached hydrogens (tertiary/aromatic N) is 1. The molecule has 1 aliphatic heterocycles. The van der Waals surface area contributed by atoms with E-state index >= 15 is 0 Å². The first-order chi connectivity index (χ1) is 18.1. The number of halogens is 2. The number of hydrogen-bond donors (Lipinski definition) is 0. The number of rotatable bonds is 6. The normalized spacial score (nSPS) is 15.0. The Labute approximate surface area is 233 Å². The van der Waals surface area contributed by atoms with Crippen molar-refractivity contribution in [3.8, 4) is 5.75 Å². The number of fused-ring (bicyclic) bond motifs is 1. The third kappa shape index (κ3) is 5.31. The van der Waals surface area contributed by atoms with Crippen molar-refractivity contribution in [3.63, 3.8) is 0 Å². The Hall–Kier alpha value is -3.30. The quantitative estimate of drug-likeness (QED) is 0.173. The molecule has 0 N–H and O–H groups in total. The van der Waals surface area contributed by atoms with Crippen LogP contribution >= 0.6 is 35.0 Å². The number of benzene rings is 4. The smallest absolute Gasteiger partial charge is 0.339 e. The summed E-state index contributed by atoms with van der Waals surface area (Å²) < 4.78 is 31.7. The highest BCUT2D eigenvalue weighted by Gasteiger charge is 2.35. The zero-order chi connectivity index (χ0) is 27.0. The molecule has 38 heavy (non-hydrogen) atoms. The van der Waals surface area contributed by atoms with Gasteiger partial charge in [0.15, 0.2) is 5.75 Å². The molecule has 0 bridgehead atoms. The van der Waals surface area contributed by atoms with Crippen LogP contribution in [0.3, 0.4) is 0 Å². The Morgan fingerprint density at radius 2 is 1.66 bits per heavy atom. The van der Waals surface area contributed by atoms with E-state index in [1.54, 1.807) is 54.6 Å². The molecule has 0 atom stereocenters. The summed E-state index contributed by atoms with van der Waals surface area (Å²) >= 11 is 12.8. The minimum atomic E-state index is -4.16. The van der Waals surface area contributed by atoms with Gasteiger partial charge < -0.3 is 4.18 Å². The van der Waals surface area contributed by atoms with E-state index in [1.807, 2.05) is 19.1 Å². The largest absolute Gasteiger partial charge is 0.378 e. The summed E-state index contributed by atoms with van der Waals surface area (Å²) in [4.78, 5) is 27.3. The Bertz CT molecular complexity index is 1730. The second kappa shape index (κ2) is 10.5. The van der Waals surface area contributed by atoms with E-state index in [2.05, 4.69) is 0 Å². The first kappa shape index (κ1) is 26.3. The second-order valence-electron chi connectivity index (χ2n) is 8.57. The van der Waals surface area contributed by atoms with Crippen molar-refractivity contribution in [1.29, 1.82) is 0 Å². The molecule has 1 saturated heterocycles. The number of carbonyl (C=O) groups is 2. The number of imide groups is 1. The minimum Gasteiger partial charge on any atom is -0.378 e. The number of aryl methyl sites for hydroxylation is 1. The summed E-state index contributed by atoms with van der Waals surface area (Å²) in [6, 6.07) is 21.8. The molecule has 0 saturated carbocycles. The molecule has 5 rings (SSSR count). The summed E-state index contributed by atoms with van der Waals surface area (Å²) in [5.41, 5.74) is 1.92. The summed E-state index contributed by atoms with van der Waals surface area (Å²) in [5, 5.41) is 1.71. The molecule has 6 nitrogen and oxygen atoms in total. The fourth-order valence-corrected chi connectivity index (χ4v) is 6.04. The van der Waals surface area contributed by atoms with Crippen molar-refractivity contribution in [2.24, 2.45) is 0 Å². The van der Waals surface area contributed by atoms with Gasteiger partial charge in [-0.3, -0.25) is 14.5 Å². The highest BCUT2D eigenvalue weighted by Crippen LogP contribution is 2.38. The third-order valence-electron chi connectivity index (χ3n) is 5.91. The van der Waals surface area contributed by atoms with Crippen molar-refractivity contribution in [2.45, 2.75) is 18.4 Å². The molecule has 0 aromatic heterocycles. The van der Waals surface area contributed by atoms with Gasteiger partial charge in [0.05, 0.1) is 21.5 Å². The van der Waals surface area contributed by atoms with E-state index in [0.717, 1.165) is 27.6 Å². The lowest BCUT2D eigenvalue weighted by molar-refractivity contribution is -0.123. The summed E-state index contributed by atoms with van der Waals surface area (Å²) in [5.74, 6) is -0.466. The predicted octanol–water partition coefficient (Wildman–Crippen LogP) is 7.46. The Morgan fingerprint density at radius 1 is 0.921 bits per heavy atom. The fraction of sp³-hybridized carbons (Fsp3) is 0.0714. The molecule has 0 unspecified atom stereocenters. The molecular weight excluding hydrogens is 565 g/mol. The van der Waals surface area contributed by atoms with Gasteiger partial charge in [-0.1, -0.05) is 77.3 Å². The van der Waals surface area contributed by atoms with Crippen LogP contribution in [0.4, 0.5) is 4.79 Å². The number of carbonyl (C=O) groups excluding carboxylic acids is 2. The lowest BCUT2D eigenvalue weighted by Gasteiger charge is -2.14. The first-order valence-electron chi connectivity index (χ1n) is 11.3. The van der Waals surface area contributed by atoms with Gasteiger partial charge >= 0.3 is 10.1 Å². The molecule has 0 aliphatic carbocycles. The lowest BCUT2D eigenvalue weighted by atomic mass is 10.0. The van der Waals surface area contributed by atoms with Gasteiger partial charge in [-0.15, -0.1) is 0 Å². The van der Waals surface area contributed by atoms with Crippen LogP contribution in [0.5, 0.6) is 5.75 Å². The standard InChI is InChI=1S/C28H19Cl2NO5S2/c1-17-6-10-20(11-7-17)38(34,35)36-25-13-9-19-4-2-3-5-21(19)22(25)15-26-27(32)31(28(33)37-26)16-18-8-12-23(29)24(30)14-18/h2-15H,16H2,1H3/b26-15-. The molecular formula is C28H19Cl2NO5S2. The highest BCUT2D eigenvalue weighted by molar-refractivity contribution is 8.18. The first-order valence-corrected chi connectivity index (χ1v) is 14.3. The van der Waals surface area contributed by atoms with E-state index in [-0.39, 0.29) is 22.1 Å². The zero-order valence-electron chi connectivity index (χ0n) is 19.9. The molecule has 192 valence electrons. The Morgan fingerprint density at radius 3 is 2.39 bits per heavy atom. The maximum absolute atomic E-state index is 13.3. The van der Waals surface area contributed by atoms with Gasteiger partial charge in [-0.2, -0.15) is 8.42 Å². The molecule has 2 amide bonds. The van der Waals surface area contributed by atoms with Crippen LogP contribution < -0.4 is 4.18 Å². The highest BCUT2D eigenvalue weighted by atomic mass is 35.5. The SMILES string of the molecule is Cc1ccc(S(=O)(=O)Oc2ccc3ccccc3c2/C=C2\SC(=O)N(Cc3ccc(Cl)c(Cl)c3)C2=O)cc1. The molecule has 1 aliphatic rings. The minimum absolute atomic E-state index is 0.00385. The van der Waals surface area contributed by atoms with Crippen LogP contribution in [-0.2, 0) is 21.5 Å². The maximum atomic E-state index is 13.3. The molecule has 4 aromatic carbocycles. The maximum Gasteiger partial charge on any atom is 0.339 e. The molecule has 4 aromatic rings. The predicted molar refractivity (Wildman–Crippen MR) is 151 cm³/mol. The van der Waals surface area contributed by atoms with Gasteiger partial charge in [0.1, 0.15) is 4.90 Å². The van der Waals surface area contributed by atoms with Gasteiger partial charge in [0.25, 0.3) is 11.1 Å². The van der Waals surface area contributed by atoms with Crippen molar-refractivity contribution >= 4 is 73.1 Å². The van der Waals surface area contributed by atoms with E-state index in [4.69, 9.17) is 27.4 Å². The topological polar surface area (TPSA) is 80.8 Å². The van der Waals surface area contributed by atoms with Crippen LogP contribution in [0.25, 0.3) is 16.8 Å². The third-order valence-corrected chi connectivity index (χ3v) is 8.81. The average Bonchev–Trinajstić information content (AvgIpc) is 3.15. The van der Waals surface area contributed by atoms with E-state index in [9.17, 15) is 18.0 Å². The zero-order valence-corrected chi connectivity index (χ0v) is 23.0. The van der Waals surface area contributed by atoms with Crippen LogP contribution in [0.1, 0.15) is 16.7 Å². The van der Waals surface area contributed by atoms with Crippen molar-refractivity contribution in [2.75, 3.05) is 0 Å². The van der Waals surface area contributed by atoms with E-state index in [0.29, 0.717) is 26.6 Å². The molecule has 1 heterocycles. The Balaban J connectivity index is 1.53. The molecule has 0 radical (unpaired) electrons. The van der Waals surface area contributed by atoms with Crippen molar-refractivity contribution in [1.82, 2.24) is 4.90 Å². The molecule has 0 spiro atoms. The van der Waals surface area contributed by atoms with Gasteiger partial charge in [0.2, 0.25) is 0 Å². The summed E-state index contributed by atoms with van der Waals surface area (Å²) in [6.45, 7) is 1.87. The van der Waals surface area contributed by atoms with E-state index < -0.39 is 21.3 Å². The van der Waals surface area contributed by atoms with Crippen molar-refractivity contribution < 1.29 is 22.2 Å². The summed E-state index contributed by atoms with van der Waals surface area (Å²) in [7, 11) is -4.16. The van der Waals surface area contributed by atoms with Crippen LogP contribution in [0, 0.1) is 6.92 Å². The number of thioether (sulfide) groups is 1. The monoisotopic (exact) mass is 583 g/mol. The molecule has 10 heteroatoms. The van der Waals surface area contributed by atoms with Gasteiger partial charge in [-0.05, 0) is 71.4 Å². The molecule has 1 fully saturated rings. The van der Waals surface area contributed by atoms with Crippen molar-refractivity contribution in [3.05, 3.63) is 111 Å². The van der Waals surface area contributed by atoms with E-state index in [1.165, 1.54) is 18.2 Å². The Kier molecular flexibility index (Phi) is 7.24. The van der Waals surface area contributed by atoms with Crippen LogP contribution in [-0.4, -0.2) is 24.5 Å². The fourth-order valence-electron chi connectivity index (χ4n) is 3.96.